The van der Waals surface area contributed by atoms with Crippen LogP contribution in [0.4, 0.5) is 0 Å². The molecule has 1 aliphatic rings. The summed E-state index contributed by atoms with van der Waals surface area (Å²) < 4.78 is 6.13. The van der Waals surface area contributed by atoms with Gasteiger partial charge in [0.2, 0.25) is 0 Å². The third kappa shape index (κ3) is 2.76. The number of ether oxygens (including phenoxy) is 1. The Balaban J connectivity index is 2.27. The second-order valence-electron chi connectivity index (χ2n) is 5.50. The van der Waals surface area contributed by atoms with Crippen LogP contribution in [0.5, 0.6) is 0 Å². The van der Waals surface area contributed by atoms with Crippen LogP contribution in [0.15, 0.2) is 5.38 Å². The van der Waals surface area contributed by atoms with E-state index >= 15 is 0 Å². The summed E-state index contributed by atoms with van der Waals surface area (Å²) in [6, 6.07) is 0.00897. The van der Waals surface area contributed by atoms with Gasteiger partial charge in [-0.3, -0.25) is 0 Å². The Morgan fingerprint density at radius 3 is 3.00 bits per heavy atom. The lowest BCUT2D eigenvalue weighted by Crippen LogP contribution is -2.35. The first-order valence-electron chi connectivity index (χ1n) is 6.93. The fraction of sp³-hybridized carbons (Fsp3) is 0.786. The van der Waals surface area contributed by atoms with Crippen molar-refractivity contribution in [1.82, 2.24) is 4.98 Å². The van der Waals surface area contributed by atoms with Gasteiger partial charge in [0.15, 0.2) is 0 Å². The van der Waals surface area contributed by atoms with Crippen molar-refractivity contribution in [2.75, 3.05) is 6.61 Å². The predicted octanol–water partition coefficient (Wildman–Crippen LogP) is 3.60. The van der Waals surface area contributed by atoms with Gasteiger partial charge in [-0.15, -0.1) is 11.3 Å². The van der Waals surface area contributed by atoms with Crippen LogP contribution in [0.25, 0.3) is 0 Å². The van der Waals surface area contributed by atoms with Gasteiger partial charge in [0.1, 0.15) is 10.6 Å². The third-order valence-corrected chi connectivity index (χ3v) is 4.80. The monoisotopic (exact) mass is 268 g/mol. The van der Waals surface area contributed by atoms with Crippen molar-refractivity contribution in [3.63, 3.8) is 0 Å². The van der Waals surface area contributed by atoms with Crippen LogP contribution in [0.3, 0.4) is 0 Å². The Labute approximate surface area is 114 Å². The second kappa shape index (κ2) is 5.68. The summed E-state index contributed by atoms with van der Waals surface area (Å²) in [6.45, 7) is 7.11. The molecule has 1 aromatic heterocycles. The van der Waals surface area contributed by atoms with Crippen molar-refractivity contribution in [2.24, 2.45) is 11.7 Å². The molecule has 0 amide bonds. The van der Waals surface area contributed by atoms with Gasteiger partial charge in [0, 0.05) is 18.0 Å². The molecule has 1 aliphatic carbocycles. The molecular weight excluding hydrogens is 244 g/mol. The second-order valence-corrected chi connectivity index (χ2v) is 6.35. The lowest BCUT2D eigenvalue weighted by Gasteiger charge is -2.38. The Hall–Kier alpha value is -0.450. The first kappa shape index (κ1) is 14.0. The predicted molar refractivity (Wildman–Crippen MR) is 75.7 cm³/mol. The molecule has 2 rings (SSSR count). The summed E-state index contributed by atoms with van der Waals surface area (Å²) in [5.41, 5.74) is 6.75. The molecule has 1 aromatic rings. The minimum atomic E-state index is -0.149. The third-order valence-electron chi connectivity index (χ3n) is 3.75. The Morgan fingerprint density at radius 1 is 1.67 bits per heavy atom. The van der Waals surface area contributed by atoms with Gasteiger partial charge < -0.3 is 10.5 Å². The van der Waals surface area contributed by atoms with E-state index in [0.29, 0.717) is 5.92 Å². The Morgan fingerprint density at radius 2 is 2.44 bits per heavy atom. The van der Waals surface area contributed by atoms with E-state index in [0.717, 1.165) is 30.2 Å². The molecule has 0 radical (unpaired) electrons. The lowest BCUT2D eigenvalue weighted by atomic mass is 9.79. The summed E-state index contributed by atoms with van der Waals surface area (Å²) in [6.07, 6.45) is 4.72. The molecule has 0 aromatic carbocycles. The Kier molecular flexibility index (Phi) is 4.41. The van der Waals surface area contributed by atoms with Crippen LogP contribution in [0, 0.1) is 5.92 Å². The van der Waals surface area contributed by atoms with Crippen molar-refractivity contribution in [2.45, 2.75) is 58.1 Å². The van der Waals surface area contributed by atoms with Crippen molar-refractivity contribution >= 4 is 11.3 Å². The molecule has 0 bridgehead atoms. The first-order chi connectivity index (χ1) is 8.57. The van der Waals surface area contributed by atoms with E-state index in [1.807, 2.05) is 6.92 Å². The Bertz CT molecular complexity index is 387. The minimum Gasteiger partial charge on any atom is -0.368 e. The summed E-state index contributed by atoms with van der Waals surface area (Å²) in [5, 5.41) is 3.21. The van der Waals surface area contributed by atoms with E-state index in [4.69, 9.17) is 15.5 Å². The summed E-state index contributed by atoms with van der Waals surface area (Å²) in [5.74, 6) is 0.716. The maximum Gasteiger partial charge on any atom is 0.125 e. The molecular formula is C14H24N2OS. The molecule has 102 valence electrons. The number of thiazole rings is 1. The maximum atomic E-state index is 6.13. The molecule has 1 fully saturated rings. The van der Waals surface area contributed by atoms with Crippen LogP contribution in [-0.4, -0.2) is 11.6 Å². The fourth-order valence-electron chi connectivity index (χ4n) is 2.87. The molecule has 4 heteroatoms. The van der Waals surface area contributed by atoms with Gasteiger partial charge in [-0.25, -0.2) is 4.98 Å². The smallest absolute Gasteiger partial charge is 0.125 e. The molecule has 2 N–H and O–H groups in total. The average Bonchev–Trinajstić information content (AvgIpc) is 2.79. The van der Waals surface area contributed by atoms with Crippen LogP contribution >= 0.6 is 11.3 Å². The van der Waals surface area contributed by atoms with Crippen LogP contribution in [-0.2, 0) is 10.3 Å². The van der Waals surface area contributed by atoms with Gasteiger partial charge in [0.25, 0.3) is 0 Å². The van der Waals surface area contributed by atoms with E-state index in [9.17, 15) is 0 Å². The van der Waals surface area contributed by atoms with Crippen molar-refractivity contribution in [3.05, 3.63) is 16.1 Å². The molecule has 3 nitrogen and oxygen atoms in total. The van der Waals surface area contributed by atoms with Crippen molar-refractivity contribution < 1.29 is 4.74 Å². The molecule has 0 saturated heterocycles. The number of aromatic nitrogens is 1. The fourth-order valence-corrected chi connectivity index (χ4v) is 3.99. The van der Waals surface area contributed by atoms with E-state index in [-0.39, 0.29) is 11.6 Å². The highest BCUT2D eigenvalue weighted by atomic mass is 32.1. The van der Waals surface area contributed by atoms with Crippen LogP contribution in [0.1, 0.15) is 63.2 Å². The number of nitrogens with zero attached hydrogens (tertiary/aromatic N) is 1. The van der Waals surface area contributed by atoms with E-state index in [1.165, 1.54) is 12.8 Å². The number of hydrogen-bond donors (Lipinski definition) is 1. The standard InChI is InChI=1S/C14H24N2OS/c1-4-17-14(7-5-6-10(2)8-14)13-16-12(9-18-13)11(3)15/h9-11H,4-8,15H2,1-3H3. The molecule has 3 atom stereocenters. The zero-order valence-corrected chi connectivity index (χ0v) is 12.4. The number of hydrogen-bond acceptors (Lipinski definition) is 4. The highest BCUT2D eigenvalue weighted by Gasteiger charge is 2.39. The topological polar surface area (TPSA) is 48.1 Å². The largest absolute Gasteiger partial charge is 0.368 e. The van der Waals surface area contributed by atoms with Gasteiger partial charge in [-0.1, -0.05) is 13.3 Å². The van der Waals surface area contributed by atoms with E-state index in [2.05, 4.69) is 19.2 Å². The van der Waals surface area contributed by atoms with E-state index < -0.39 is 0 Å². The normalized spacial score (nSPS) is 30.3. The number of nitrogens with two attached hydrogens (primary N) is 1. The van der Waals surface area contributed by atoms with E-state index in [1.54, 1.807) is 11.3 Å². The maximum absolute atomic E-state index is 6.13. The zero-order chi connectivity index (χ0) is 13.2. The molecule has 0 spiro atoms. The van der Waals surface area contributed by atoms with Gasteiger partial charge in [-0.2, -0.15) is 0 Å². The summed E-state index contributed by atoms with van der Waals surface area (Å²) in [7, 11) is 0. The summed E-state index contributed by atoms with van der Waals surface area (Å²) >= 11 is 1.71. The highest BCUT2D eigenvalue weighted by molar-refractivity contribution is 7.09. The SMILES string of the molecule is CCOC1(c2nc(C(C)N)cs2)CCCC(C)C1. The molecule has 1 heterocycles. The van der Waals surface area contributed by atoms with Crippen molar-refractivity contribution in [3.8, 4) is 0 Å². The van der Waals surface area contributed by atoms with Gasteiger partial charge in [-0.05, 0) is 39.0 Å². The highest BCUT2D eigenvalue weighted by Crippen LogP contribution is 2.44. The minimum absolute atomic E-state index is 0.00897. The van der Waals surface area contributed by atoms with Gasteiger partial charge in [0.05, 0.1) is 5.69 Å². The van der Waals surface area contributed by atoms with Crippen LogP contribution in [0.2, 0.25) is 0 Å². The molecule has 18 heavy (non-hydrogen) atoms. The lowest BCUT2D eigenvalue weighted by molar-refractivity contribution is -0.0821. The first-order valence-corrected chi connectivity index (χ1v) is 7.81. The zero-order valence-electron chi connectivity index (χ0n) is 11.6. The molecule has 1 saturated carbocycles. The average molecular weight is 268 g/mol. The number of rotatable bonds is 4. The molecule has 3 unspecified atom stereocenters. The van der Waals surface area contributed by atoms with Crippen LogP contribution < -0.4 is 5.73 Å². The summed E-state index contributed by atoms with van der Waals surface area (Å²) in [4.78, 5) is 4.73. The molecule has 0 aliphatic heterocycles. The van der Waals surface area contributed by atoms with Gasteiger partial charge >= 0.3 is 0 Å². The van der Waals surface area contributed by atoms with Crippen molar-refractivity contribution in [1.29, 1.82) is 0 Å². The quantitative estimate of drug-likeness (QED) is 0.907.